The van der Waals surface area contributed by atoms with Crippen molar-refractivity contribution in [1.82, 2.24) is 19.8 Å². The summed E-state index contributed by atoms with van der Waals surface area (Å²) in [5, 5.41) is 9.33. The van der Waals surface area contributed by atoms with Crippen LogP contribution >= 0.6 is 22.6 Å². The van der Waals surface area contributed by atoms with Crippen LogP contribution in [0.5, 0.6) is 0 Å². The minimum absolute atomic E-state index is 0.132. The number of nitrogens with zero attached hydrogens (tertiary/aromatic N) is 3. The first-order chi connectivity index (χ1) is 11.8. The minimum Gasteiger partial charge on any atom is -0.465 e. The Hall–Kier alpha value is -1.36. The average molecular weight is 464 g/mol. The van der Waals surface area contributed by atoms with Gasteiger partial charge in [0.1, 0.15) is 11.9 Å². The van der Waals surface area contributed by atoms with Crippen LogP contribution in [0.1, 0.15) is 32.1 Å². The van der Waals surface area contributed by atoms with Crippen LogP contribution < -0.4 is 0 Å². The van der Waals surface area contributed by atoms with Gasteiger partial charge in [-0.05, 0) is 34.9 Å². The third-order valence-corrected chi connectivity index (χ3v) is 5.10. The van der Waals surface area contributed by atoms with Crippen molar-refractivity contribution in [3.05, 3.63) is 15.7 Å². The summed E-state index contributed by atoms with van der Waals surface area (Å²) in [6.07, 6.45) is 1.36. The van der Waals surface area contributed by atoms with Crippen molar-refractivity contribution in [3.8, 4) is 0 Å². The van der Waals surface area contributed by atoms with Gasteiger partial charge >= 0.3 is 6.09 Å². The van der Waals surface area contributed by atoms with Crippen molar-refractivity contribution < 1.29 is 19.4 Å². The molecule has 25 heavy (non-hydrogen) atoms. The van der Waals surface area contributed by atoms with Gasteiger partial charge in [-0.15, -0.1) is 0 Å². The maximum atomic E-state index is 13.2. The van der Waals surface area contributed by atoms with Gasteiger partial charge in [0.2, 0.25) is 5.91 Å². The van der Waals surface area contributed by atoms with Crippen molar-refractivity contribution in [2.24, 2.45) is 11.8 Å². The highest BCUT2D eigenvalue weighted by Crippen LogP contribution is 2.35. The molecule has 0 unspecified atom stereocenters. The van der Waals surface area contributed by atoms with E-state index in [1.807, 2.05) is 13.8 Å². The zero-order valence-electron chi connectivity index (χ0n) is 14.9. The molecule has 0 aromatic carbocycles. The summed E-state index contributed by atoms with van der Waals surface area (Å²) in [7, 11) is 3.09. The van der Waals surface area contributed by atoms with Gasteiger partial charge in [0.25, 0.3) is 0 Å². The topological polar surface area (TPSA) is 98.8 Å². The Bertz CT molecular complexity index is 621. The Labute approximate surface area is 161 Å². The fraction of sp³-hybridized carbons (Fsp3) is 0.688. The lowest BCUT2D eigenvalue weighted by molar-refractivity contribution is -0.138. The van der Waals surface area contributed by atoms with Crippen molar-refractivity contribution in [3.63, 3.8) is 0 Å². The van der Waals surface area contributed by atoms with Gasteiger partial charge < -0.3 is 19.7 Å². The molecule has 1 aromatic rings. The van der Waals surface area contributed by atoms with E-state index in [1.165, 1.54) is 7.05 Å². The molecule has 0 saturated carbocycles. The standard InChI is InChI=1S/C16H25IN4O4/c1-9(2)13(20(3)16(23)24)15(22)21-7-10(8-25-4)5-11(21)14-18-6-12(17)19-14/h6,9-11,13H,5,7-8H2,1-4H3,(H,18,19)(H,23,24)/t10-,11-,13-/m0/s1. The molecule has 2 N–H and O–H groups in total. The van der Waals surface area contributed by atoms with Crippen LogP contribution in [0.4, 0.5) is 4.79 Å². The number of H-pyrrole nitrogens is 1. The van der Waals surface area contributed by atoms with Gasteiger partial charge in [-0.1, -0.05) is 13.8 Å². The highest BCUT2D eigenvalue weighted by molar-refractivity contribution is 14.1. The molecule has 3 atom stereocenters. The monoisotopic (exact) mass is 464 g/mol. The van der Waals surface area contributed by atoms with Crippen LogP contribution in [0.2, 0.25) is 0 Å². The molecule has 2 heterocycles. The first kappa shape index (κ1) is 20.0. The number of imidazole rings is 1. The van der Waals surface area contributed by atoms with E-state index in [0.717, 1.165) is 20.8 Å². The zero-order chi connectivity index (χ0) is 18.7. The number of likely N-dealkylation sites (N-methyl/N-ethyl adjacent to an activating group) is 1. The number of hydrogen-bond acceptors (Lipinski definition) is 4. The Morgan fingerprint density at radius 3 is 2.72 bits per heavy atom. The van der Waals surface area contributed by atoms with E-state index in [1.54, 1.807) is 18.2 Å². The number of nitrogens with one attached hydrogen (secondary N) is 1. The number of carbonyl (C=O) groups is 2. The van der Waals surface area contributed by atoms with Crippen LogP contribution in [0.3, 0.4) is 0 Å². The molecule has 0 aliphatic carbocycles. The predicted molar refractivity (Wildman–Crippen MR) is 100 cm³/mol. The van der Waals surface area contributed by atoms with Gasteiger partial charge in [-0.2, -0.15) is 0 Å². The van der Waals surface area contributed by atoms with Crippen molar-refractivity contribution in [2.75, 3.05) is 27.3 Å². The molecule has 0 spiro atoms. The number of ether oxygens (including phenoxy) is 1. The number of methoxy groups -OCH3 is 1. The van der Waals surface area contributed by atoms with Crippen molar-refractivity contribution in [2.45, 2.75) is 32.4 Å². The van der Waals surface area contributed by atoms with E-state index in [0.29, 0.717) is 13.2 Å². The molecular weight excluding hydrogens is 439 g/mol. The molecule has 140 valence electrons. The van der Waals surface area contributed by atoms with Crippen LogP contribution in [-0.4, -0.2) is 70.2 Å². The second-order valence-corrected chi connectivity index (χ2v) is 7.92. The molecule has 9 heteroatoms. The molecule has 1 saturated heterocycles. The molecule has 8 nitrogen and oxygen atoms in total. The highest BCUT2D eigenvalue weighted by Gasteiger charge is 2.42. The lowest BCUT2D eigenvalue weighted by Crippen LogP contribution is -2.51. The number of aromatic nitrogens is 2. The maximum absolute atomic E-state index is 13.2. The number of aromatic amines is 1. The number of amides is 2. The van der Waals surface area contributed by atoms with Gasteiger partial charge in [0.15, 0.2) is 0 Å². The number of hydrogen-bond donors (Lipinski definition) is 2. The first-order valence-electron chi connectivity index (χ1n) is 8.21. The summed E-state index contributed by atoms with van der Waals surface area (Å²) in [5.41, 5.74) is 0. The molecule has 0 radical (unpaired) electrons. The lowest BCUT2D eigenvalue weighted by atomic mass is 10.0. The van der Waals surface area contributed by atoms with E-state index in [2.05, 4.69) is 32.6 Å². The van der Waals surface area contributed by atoms with Gasteiger partial charge in [-0.25, -0.2) is 9.78 Å². The highest BCUT2D eigenvalue weighted by atomic mass is 127. The summed E-state index contributed by atoms with van der Waals surface area (Å²) >= 11 is 2.14. The molecular formula is C16H25IN4O4. The summed E-state index contributed by atoms with van der Waals surface area (Å²) in [4.78, 5) is 35.0. The van der Waals surface area contributed by atoms with Gasteiger partial charge in [0, 0.05) is 26.6 Å². The second kappa shape index (κ2) is 8.35. The maximum Gasteiger partial charge on any atom is 0.407 e. The summed E-state index contributed by atoms with van der Waals surface area (Å²) in [6.45, 7) is 4.80. The van der Waals surface area contributed by atoms with Gasteiger partial charge in [-0.3, -0.25) is 9.69 Å². The third kappa shape index (κ3) is 4.43. The third-order valence-electron chi connectivity index (χ3n) is 4.56. The summed E-state index contributed by atoms with van der Waals surface area (Å²) in [5.74, 6) is 0.615. The second-order valence-electron chi connectivity index (χ2n) is 6.76. The number of rotatable bonds is 6. The molecule has 2 amide bonds. The molecule has 1 fully saturated rings. The first-order valence-corrected chi connectivity index (χ1v) is 9.29. The van der Waals surface area contributed by atoms with E-state index in [-0.39, 0.29) is 23.8 Å². The van der Waals surface area contributed by atoms with Gasteiger partial charge in [0.05, 0.1) is 22.5 Å². The Balaban J connectivity index is 2.30. The number of halogens is 1. The quantitative estimate of drug-likeness (QED) is 0.629. The predicted octanol–water partition coefficient (Wildman–Crippen LogP) is 2.18. The Morgan fingerprint density at radius 2 is 2.24 bits per heavy atom. The van der Waals surface area contributed by atoms with E-state index < -0.39 is 12.1 Å². The summed E-state index contributed by atoms with van der Waals surface area (Å²) < 4.78 is 6.16. The normalized spacial score (nSPS) is 21.6. The molecule has 1 aliphatic heterocycles. The smallest absolute Gasteiger partial charge is 0.407 e. The summed E-state index contributed by atoms with van der Waals surface area (Å²) in [6, 6.07) is -0.921. The number of carbonyl (C=O) groups excluding carboxylic acids is 1. The molecule has 1 aromatic heterocycles. The largest absolute Gasteiger partial charge is 0.465 e. The van der Waals surface area contributed by atoms with E-state index in [9.17, 15) is 14.7 Å². The van der Waals surface area contributed by atoms with Crippen molar-refractivity contribution >= 4 is 34.6 Å². The lowest BCUT2D eigenvalue weighted by Gasteiger charge is -2.33. The van der Waals surface area contributed by atoms with Crippen molar-refractivity contribution in [1.29, 1.82) is 0 Å². The fourth-order valence-electron chi connectivity index (χ4n) is 3.45. The van der Waals surface area contributed by atoms with Crippen LogP contribution in [0, 0.1) is 15.5 Å². The van der Waals surface area contributed by atoms with E-state index in [4.69, 9.17) is 4.74 Å². The van der Waals surface area contributed by atoms with Crippen LogP contribution in [0.25, 0.3) is 0 Å². The fourth-order valence-corrected chi connectivity index (χ4v) is 3.87. The SMILES string of the molecule is COC[C@H]1C[C@@H](c2ncc(I)[nH]2)N(C(=O)[C@H](C(C)C)N(C)C(=O)O)C1. The average Bonchev–Trinajstić information content (AvgIpc) is 3.13. The van der Waals surface area contributed by atoms with Crippen LogP contribution in [-0.2, 0) is 9.53 Å². The minimum atomic E-state index is -1.11. The Morgan fingerprint density at radius 1 is 1.56 bits per heavy atom. The zero-order valence-corrected chi connectivity index (χ0v) is 17.1. The molecule has 0 bridgehead atoms. The van der Waals surface area contributed by atoms with E-state index >= 15 is 0 Å². The number of likely N-dealkylation sites (tertiary alicyclic amines) is 1. The Kier molecular flexibility index (Phi) is 6.66. The van der Waals surface area contributed by atoms with Crippen LogP contribution in [0.15, 0.2) is 6.20 Å². The molecule has 2 rings (SSSR count). The number of carboxylic acid groups (broad SMARTS) is 1. The molecule has 1 aliphatic rings.